The first-order valence-corrected chi connectivity index (χ1v) is 6.05. The normalized spacial score (nSPS) is 10.2. The van der Waals surface area contributed by atoms with Crippen molar-refractivity contribution in [3.05, 3.63) is 52.8 Å². The van der Waals surface area contributed by atoms with Crippen LogP contribution in [0.1, 0.15) is 11.1 Å². The summed E-state index contributed by atoms with van der Waals surface area (Å²) in [5, 5.41) is 3.99. The van der Waals surface area contributed by atoms with Crippen LogP contribution in [-0.2, 0) is 6.54 Å². The molecule has 1 aromatic carbocycles. The molecule has 0 fully saturated rings. The fourth-order valence-corrected chi connectivity index (χ4v) is 1.88. The van der Waals surface area contributed by atoms with E-state index in [2.05, 4.69) is 10.3 Å². The molecule has 3 nitrogen and oxygen atoms in total. The lowest BCUT2D eigenvalue weighted by Gasteiger charge is -2.12. The molecule has 0 aliphatic heterocycles. The van der Waals surface area contributed by atoms with Gasteiger partial charge < -0.3 is 10.1 Å². The van der Waals surface area contributed by atoms with E-state index >= 15 is 0 Å². The number of hydrogen-bond acceptors (Lipinski definition) is 3. The third-order valence-electron chi connectivity index (χ3n) is 2.68. The Labute approximate surface area is 112 Å². The number of ether oxygens (including phenoxy) is 1. The number of hydrogen-bond donors (Lipinski definition) is 1. The predicted molar refractivity (Wildman–Crippen MR) is 74.3 cm³/mol. The molecule has 94 valence electrons. The van der Waals surface area contributed by atoms with Crippen molar-refractivity contribution in [2.24, 2.45) is 0 Å². The lowest BCUT2D eigenvalue weighted by molar-refractivity contribution is 0.416. The number of aromatic nitrogens is 1. The van der Waals surface area contributed by atoms with Gasteiger partial charge in [-0.3, -0.25) is 4.98 Å². The molecule has 0 spiro atoms. The zero-order valence-corrected chi connectivity index (χ0v) is 11.2. The molecule has 0 atom stereocenters. The fourth-order valence-electron chi connectivity index (χ4n) is 1.70. The summed E-state index contributed by atoms with van der Waals surface area (Å²) in [6.07, 6.45) is 3.38. The number of halogens is 1. The lowest BCUT2D eigenvalue weighted by atomic mass is 10.2. The van der Waals surface area contributed by atoms with E-state index in [1.807, 2.05) is 31.2 Å². The molecule has 0 radical (unpaired) electrons. The summed E-state index contributed by atoms with van der Waals surface area (Å²) in [7, 11) is 1.66. The van der Waals surface area contributed by atoms with Crippen molar-refractivity contribution in [1.82, 2.24) is 4.98 Å². The van der Waals surface area contributed by atoms with E-state index in [9.17, 15) is 0 Å². The Morgan fingerprint density at radius 1 is 1.33 bits per heavy atom. The Bertz CT molecular complexity index is 543. The molecule has 0 amide bonds. The third kappa shape index (κ3) is 2.93. The SMILES string of the molecule is COc1ccc(C)cc1NCc1ccncc1Cl. The quantitative estimate of drug-likeness (QED) is 0.913. The van der Waals surface area contributed by atoms with E-state index in [4.69, 9.17) is 16.3 Å². The maximum Gasteiger partial charge on any atom is 0.141 e. The zero-order valence-electron chi connectivity index (χ0n) is 10.4. The molecule has 18 heavy (non-hydrogen) atoms. The van der Waals surface area contributed by atoms with Crippen molar-refractivity contribution < 1.29 is 4.74 Å². The molecule has 2 rings (SSSR count). The second-order valence-electron chi connectivity index (χ2n) is 4.02. The molecular formula is C14H15ClN2O. The Morgan fingerprint density at radius 2 is 2.17 bits per heavy atom. The van der Waals surface area contributed by atoms with E-state index in [1.54, 1.807) is 19.5 Å². The number of aryl methyl sites for hydroxylation is 1. The average Bonchev–Trinajstić information content (AvgIpc) is 2.38. The molecule has 1 heterocycles. The number of benzene rings is 1. The Morgan fingerprint density at radius 3 is 2.89 bits per heavy atom. The summed E-state index contributed by atoms with van der Waals surface area (Å²) >= 11 is 6.06. The van der Waals surface area contributed by atoms with Crippen molar-refractivity contribution in [1.29, 1.82) is 0 Å². The first-order valence-electron chi connectivity index (χ1n) is 5.67. The lowest BCUT2D eigenvalue weighted by Crippen LogP contribution is -2.02. The van der Waals surface area contributed by atoms with Crippen LogP contribution in [0.25, 0.3) is 0 Å². The Balaban J connectivity index is 2.15. The highest BCUT2D eigenvalue weighted by molar-refractivity contribution is 6.31. The van der Waals surface area contributed by atoms with Gasteiger partial charge >= 0.3 is 0 Å². The number of anilines is 1. The van der Waals surface area contributed by atoms with Crippen molar-refractivity contribution >= 4 is 17.3 Å². The van der Waals surface area contributed by atoms with Gasteiger partial charge in [0.25, 0.3) is 0 Å². The van der Waals surface area contributed by atoms with E-state index in [1.165, 1.54) is 5.56 Å². The van der Waals surface area contributed by atoms with Crippen molar-refractivity contribution in [3.63, 3.8) is 0 Å². The maximum atomic E-state index is 6.06. The minimum atomic E-state index is 0.640. The van der Waals surface area contributed by atoms with Crippen LogP contribution in [0.5, 0.6) is 5.75 Å². The topological polar surface area (TPSA) is 34.1 Å². The van der Waals surface area contributed by atoms with E-state index in [0.717, 1.165) is 17.0 Å². The van der Waals surface area contributed by atoms with E-state index in [0.29, 0.717) is 11.6 Å². The summed E-state index contributed by atoms with van der Waals surface area (Å²) in [6.45, 7) is 2.69. The minimum Gasteiger partial charge on any atom is -0.495 e. The number of methoxy groups -OCH3 is 1. The molecular weight excluding hydrogens is 248 g/mol. The van der Waals surface area contributed by atoms with Gasteiger partial charge in [-0.25, -0.2) is 0 Å². The summed E-state index contributed by atoms with van der Waals surface area (Å²) in [5.41, 5.74) is 3.15. The number of nitrogens with one attached hydrogen (secondary N) is 1. The summed E-state index contributed by atoms with van der Waals surface area (Å²) < 4.78 is 5.31. The van der Waals surface area contributed by atoms with Crippen LogP contribution in [0.15, 0.2) is 36.7 Å². The van der Waals surface area contributed by atoms with Crippen molar-refractivity contribution in [2.45, 2.75) is 13.5 Å². The molecule has 0 aliphatic rings. The van der Waals surface area contributed by atoms with Gasteiger partial charge in [0.1, 0.15) is 5.75 Å². The minimum absolute atomic E-state index is 0.640. The molecule has 0 unspecified atom stereocenters. The van der Waals surface area contributed by atoms with Crippen LogP contribution < -0.4 is 10.1 Å². The third-order valence-corrected chi connectivity index (χ3v) is 3.02. The molecule has 0 saturated carbocycles. The van der Waals surface area contributed by atoms with Crippen LogP contribution in [-0.4, -0.2) is 12.1 Å². The summed E-state index contributed by atoms with van der Waals surface area (Å²) in [6, 6.07) is 7.92. The smallest absolute Gasteiger partial charge is 0.141 e. The van der Waals surface area contributed by atoms with Gasteiger partial charge in [-0.2, -0.15) is 0 Å². The average molecular weight is 263 g/mol. The molecule has 1 N–H and O–H groups in total. The monoisotopic (exact) mass is 262 g/mol. The van der Waals surface area contributed by atoms with Gasteiger partial charge in [0.2, 0.25) is 0 Å². The van der Waals surface area contributed by atoms with Gasteiger partial charge in [-0.15, -0.1) is 0 Å². The van der Waals surface area contributed by atoms with E-state index < -0.39 is 0 Å². The molecule has 4 heteroatoms. The van der Waals surface area contributed by atoms with Crippen LogP contribution >= 0.6 is 11.6 Å². The largest absolute Gasteiger partial charge is 0.495 e. The van der Waals surface area contributed by atoms with E-state index in [-0.39, 0.29) is 0 Å². The number of pyridine rings is 1. The van der Waals surface area contributed by atoms with Crippen LogP contribution in [0.3, 0.4) is 0 Å². The Hall–Kier alpha value is -1.74. The second-order valence-corrected chi connectivity index (χ2v) is 4.43. The van der Waals surface area contributed by atoms with Crippen molar-refractivity contribution in [3.8, 4) is 5.75 Å². The number of nitrogens with zero attached hydrogens (tertiary/aromatic N) is 1. The van der Waals surface area contributed by atoms with Gasteiger partial charge in [0.05, 0.1) is 17.8 Å². The van der Waals surface area contributed by atoms with Gasteiger partial charge in [0, 0.05) is 18.9 Å². The van der Waals surface area contributed by atoms with Gasteiger partial charge in [-0.05, 0) is 36.2 Å². The van der Waals surface area contributed by atoms with Gasteiger partial charge in [0.15, 0.2) is 0 Å². The number of rotatable bonds is 4. The molecule has 0 bridgehead atoms. The zero-order chi connectivity index (χ0) is 13.0. The highest BCUT2D eigenvalue weighted by Crippen LogP contribution is 2.26. The van der Waals surface area contributed by atoms with Crippen molar-refractivity contribution in [2.75, 3.05) is 12.4 Å². The molecule has 0 saturated heterocycles. The summed E-state index contributed by atoms with van der Waals surface area (Å²) in [5.74, 6) is 0.825. The molecule has 2 aromatic rings. The molecule has 1 aromatic heterocycles. The predicted octanol–water partition coefficient (Wildman–Crippen LogP) is 3.66. The first kappa shape index (κ1) is 12.7. The maximum absolute atomic E-state index is 6.06. The van der Waals surface area contributed by atoms with Crippen LogP contribution in [0.4, 0.5) is 5.69 Å². The fraction of sp³-hybridized carbons (Fsp3) is 0.214. The molecule has 0 aliphatic carbocycles. The Kier molecular flexibility index (Phi) is 4.05. The van der Waals surface area contributed by atoms with Crippen LogP contribution in [0.2, 0.25) is 5.02 Å². The highest BCUT2D eigenvalue weighted by atomic mass is 35.5. The standard InChI is InChI=1S/C14H15ClN2O/c1-10-3-4-14(18-2)13(7-10)17-8-11-5-6-16-9-12(11)15/h3-7,9,17H,8H2,1-2H3. The van der Waals surface area contributed by atoms with Gasteiger partial charge in [-0.1, -0.05) is 17.7 Å². The van der Waals surface area contributed by atoms with Crippen LogP contribution in [0, 0.1) is 6.92 Å². The summed E-state index contributed by atoms with van der Waals surface area (Å²) in [4.78, 5) is 3.96. The first-order chi connectivity index (χ1) is 8.70. The second kappa shape index (κ2) is 5.74. The highest BCUT2D eigenvalue weighted by Gasteiger charge is 2.04.